The lowest BCUT2D eigenvalue weighted by Crippen LogP contribution is -2.08. The van der Waals surface area contributed by atoms with Crippen molar-refractivity contribution < 1.29 is 9.84 Å². The minimum Gasteiger partial charge on any atom is -0.468 e. The van der Waals surface area contributed by atoms with Gasteiger partial charge in [0.25, 0.3) is 0 Å². The zero-order valence-corrected chi connectivity index (χ0v) is 29.6. The first-order valence-electron chi connectivity index (χ1n) is 17.1. The highest BCUT2D eigenvalue weighted by atomic mass is 16.5. The van der Waals surface area contributed by atoms with Gasteiger partial charge in [-0.2, -0.15) is 4.98 Å². The van der Waals surface area contributed by atoms with Gasteiger partial charge < -0.3 is 14.8 Å². The standard InChI is InChI=1S/C24H21N5O.C19H19NO/c1-14-7-4-5-10-18(14)21-19(11-17-9-6-8-15(2)20(17)29-21)16(3)30-24-22-23(26-12-25-22)27-13-28-24;1-12-7-4-5-10-16(12)19-17(14(3)21)11-15-9-6-8-13(2)18(15)20-19/h4-13,16H,1-3H3,(H,25,26,27,28);4-11,14,21H,1-3H3. The van der Waals surface area contributed by atoms with Crippen molar-refractivity contribution in [3.05, 3.63) is 143 Å². The molecule has 51 heavy (non-hydrogen) atoms. The third kappa shape index (κ3) is 6.66. The summed E-state index contributed by atoms with van der Waals surface area (Å²) in [5.74, 6) is 0.453. The number of H-pyrrole nitrogens is 1. The van der Waals surface area contributed by atoms with Gasteiger partial charge in [0, 0.05) is 33.0 Å². The van der Waals surface area contributed by atoms with Gasteiger partial charge in [-0.3, -0.25) is 0 Å². The minimum atomic E-state index is -0.544. The molecule has 8 nitrogen and oxygen atoms in total. The van der Waals surface area contributed by atoms with E-state index in [1.165, 1.54) is 17.5 Å². The van der Waals surface area contributed by atoms with E-state index in [1.54, 1.807) is 13.3 Å². The number of aryl methyl sites for hydroxylation is 4. The highest BCUT2D eigenvalue weighted by Crippen LogP contribution is 2.36. The van der Waals surface area contributed by atoms with Crippen LogP contribution in [0.15, 0.2) is 110 Å². The smallest absolute Gasteiger partial charge is 0.246 e. The number of aromatic nitrogens is 6. The van der Waals surface area contributed by atoms with Crippen LogP contribution in [0.5, 0.6) is 5.88 Å². The molecule has 254 valence electrons. The number of pyridine rings is 2. The Bertz CT molecular complexity index is 2520. The quantitative estimate of drug-likeness (QED) is 0.181. The number of nitrogens with one attached hydrogen (secondary N) is 1. The van der Waals surface area contributed by atoms with E-state index in [2.05, 4.69) is 108 Å². The Morgan fingerprint density at radius 1 is 0.588 bits per heavy atom. The summed E-state index contributed by atoms with van der Waals surface area (Å²) in [5, 5.41) is 12.3. The van der Waals surface area contributed by atoms with Gasteiger partial charge in [0.15, 0.2) is 11.2 Å². The molecule has 0 fully saturated rings. The maximum Gasteiger partial charge on any atom is 0.246 e. The number of benzene rings is 4. The van der Waals surface area contributed by atoms with Crippen LogP contribution in [0.3, 0.4) is 0 Å². The third-order valence-electron chi connectivity index (χ3n) is 9.31. The Morgan fingerprint density at radius 2 is 1.12 bits per heavy atom. The zero-order valence-electron chi connectivity index (χ0n) is 29.6. The molecule has 2 atom stereocenters. The highest BCUT2D eigenvalue weighted by Gasteiger charge is 2.21. The number of para-hydroxylation sites is 2. The summed E-state index contributed by atoms with van der Waals surface area (Å²) < 4.78 is 6.28. The maximum absolute atomic E-state index is 10.1. The molecule has 0 aliphatic heterocycles. The van der Waals surface area contributed by atoms with Crippen molar-refractivity contribution in [2.45, 2.75) is 53.8 Å². The van der Waals surface area contributed by atoms with Crippen molar-refractivity contribution in [2.24, 2.45) is 0 Å². The molecule has 2 unspecified atom stereocenters. The van der Waals surface area contributed by atoms with Gasteiger partial charge >= 0.3 is 0 Å². The average molecular weight is 673 g/mol. The lowest BCUT2D eigenvalue weighted by molar-refractivity contribution is 0.199. The number of nitrogens with zero attached hydrogens (tertiary/aromatic N) is 5. The molecule has 4 aromatic carbocycles. The van der Waals surface area contributed by atoms with Gasteiger partial charge in [-0.15, -0.1) is 0 Å². The molecule has 0 spiro atoms. The first-order valence-corrected chi connectivity index (χ1v) is 17.1. The van der Waals surface area contributed by atoms with Crippen LogP contribution in [0.4, 0.5) is 0 Å². The molecule has 2 N–H and O–H groups in total. The first-order chi connectivity index (χ1) is 24.7. The number of aliphatic hydroxyl groups excluding tert-OH is 1. The molecule has 4 aromatic heterocycles. The lowest BCUT2D eigenvalue weighted by Gasteiger charge is -2.19. The molecular formula is C43H40N6O2. The number of imidazole rings is 1. The molecule has 0 amide bonds. The number of aliphatic hydroxyl groups is 1. The van der Waals surface area contributed by atoms with Crippen molar-refractivity contribution in [2.75, 3.05) is 0 Å². The third-order valence-corrected chi connectivity index (χ3v) is 9.31. The summed E-state index contributed by atoms with van der Waals surface area (Å²) >= 11 is 0. The van der Waals surface area contributed by atoms with Crippen LogP contribution in [0.2, 0.25) is 0 Å². The van der Waals surface area contributed by atoms with Crippen LogP contribution in [0, 0.1) is 27.7 Å². The second-order valence-corrected chi connectivity index (χ2v) is 13.0. The molecule has 0 bridgehead atoms. The van der Waals surface area contributed by atoms with Crippen LogP contribution in [-0.4, -0.2) is 35.0 Å². The Hall–Kier alpha value is -5.99. The summed E-state index contributed by atoms with van der Waals surface area (Å²) in [6.07, 6.45) is 2.24. The second kappa shape index (κ2) is 14.1. The van der Waals surface area contributed by atoms with Gasteiger partial charge in [0.2, 0.25) is 5.88 Å². The fraction of sp³-hybridized carbons (Fsp3) is 0.186. The SMILES string of the molecule is Cc1ccccc1-c1nc2c(C)cccc2cc1C(C)O.Cc1ccccc1-c1nc2c(C)cccc2cc1C(C)Oc1ncnc2[nH]cnc12. The molecule has 4 heterocycles. The maximum atomic E-state index is 10.1. The molecule has 0 aliphatic carbocycles. The summed E-state index contributed by atoms with van der Waals surface area (Å²) in [6.45, 7) is 12.1. The van der Waals surface area contributed by atoms with E-state index in [0.29, 0.717) is 17.0 Å². The molecular weight excluding hydrogens is 633 g/mol. The molecule has 0 radical (unpaired) electrons. The molecule has 8 heteroatoms. The number of ether oxygens (including phenoxy) is 1. The van der Waals surface area contributed by atoms with Gasteiger partial charge in [-0.05, 0) is 75.9 Å². The predicted molar refractivity (Wildman–Crippen MR) is 205 cm³/mol. The molecule has 0 saturated carbocycles. The minimum absolute atomic E-state index is 0.285. The number of hydrogen-bond acceptors (Lipinski definition) is 7. The van der Waals surface area contributed by atoms with Crippen LogP contribution >= 0.6 is 0 Å². The summed E-state index contributed by atoms with van der Waals surface area (Å²) in [5.41, 5.74) is 13.8. The van der Waals surface area contributed by atoms with Crippen LogP contribution < -0.4 is 4.74 Å². The number of hydrogen-bond donors (Lipinski definition) is 2. The van der Waals surface area contributed by atoms with Crippen molar-refractivity contribution >= 4 is 33.0 Å². The first kappa shape index (κ1) is 33.5. The Kier molecular flexibility index (Phi) is 9.26. The fourth-order valence-electron chi connectivity index (χ4n) is 6.52. The molecule has 8 aromatic rings. The van der Waals surface area contributed by atoms with E-state index in [-0.39, 0.29) is 6.10 Å². The lowest BCUT2D eigenvalue weighted by atomic mass is 9.96. The van der Waals surface area contributed by atoms with Crippen molar-refractivity contribution in [1.82, 2.24) is 29.9 Å². The number of rotatable bonds is 6. The van der Waals surface area contributed by atoms with Gasteiger partial charge in [-0.25, -0.2) is 19.9 Å². The van der Waals surface area contributed by atoms with Crippen LogP contribution in [-0.2, 0) is 0 Å². The summed E-state index contributed by atoms with van der Waals surface area (Å²) in [6, 6.07) is 33.1. The molecule has 0 saturated heterocycles. The van der Waals surface area contributed by atoms with Crippen LogP contribution in [0.25, 0.3) is 55.5 Å². The van der Waals surface area contributed by atoms with Crippen LogP contribution in [0.1, 0.15) is 59.4 Å². The van der Waals surface area contributed by atoms with E-state index < -0.39 is 6.10 Å². The topological polar surface area (TPSA) is 110 Å². The Morgan fingerprint density at radius 3 is 1.69 bits per heavy atom. The fourth-order valence-corrected chi connectivity index (χ4v) is 6.52. The molecule has 8 rings (SSSR count). The van der Waals surface area contributed by atoms with Gasteiger partial charge in [-0.1, -0.05) is 84.9 Å². The summed E-state index contributed by atoms with van der Waals surface area (Å²) in [7, 11) is 0. The Balaban J connectivity index is 0.000000170. The predicted octanol–water partition coefficient (Wildman–Crippen LogP) is 9.90. The van der Waals surface area contributed by atoms with Gasteiger partial charge in [0.1, 0.15) is 12.4 Å². The van der Waals surface area contributed by atoms with E-state index >= 15 is 0 Å². The van der Waals surface area contributed by atoms with E-state index in [4.69, 9.17) is 14.7 Å². The zero-order chi connectivity index (χ0) is 35.6. The number of fused-ring (bicyclic) bond motifs is 3. The monoisotopic (exact) mass is 672 g/mol. The molecule has 0 aliphatic rings. The average Bonchev–Trinajstić information content (AvgIpc) is 3.62. The van der Waals surface area contributed by atoms with Gasteiger partial charge in [0.05, 0.1) is 34.9 Å². The Labute approximate surface area is 297 Å². The second-order valence-electron chi connectivity index (χ2n) is 13.0. The van der Waals surface area contributed by atoms with E-state index in [1.807, 2.05) is 43.3 Å². The van der Waals surface area contributed by atoms with Crippen molar-refractivity contribution in [1.29, 1.82) is 0 Å². The van der Waals surface area contributed by atoms with E-state index in [9.17, 15) is 5.11 Å². The largest absolute Gasteiger partial charge is 0.468 e. The normalized spacial score (nSPS) is 12.5. The van der Waals surface area contributed by atoms with E-state index in [0.717, 1.165) is 66.6 Å². The number of aromatic amines is 1. The van der Waals surface area contributed by atoms with Crippen molar-refractivity contribution in [3.63, 3.8) is 0 Å². The highest BCUT2D eigenvalue weighted by molar-refractivity contribution is 5.87. The summed E-state index contributed by atoms with van der Waals surface area (Å²) in [4.78, 5) is 25.7. The van der Waals surface area contributed by atoms with Crippen molar-refractivity contribution in [3.8, 4) is 28.4 Å².